The second-order valence-corrected chi connectivity index (χ2v) is 10.3. The number of hydrogen-bond acceptors (Lipinski definition) is 2. The minimum Gasteiger partial charge on any atom is -0.345 e. The Morgan fingerprint density at radius 2 is 1.66 bits per heavy atom. The molecule has 5 aliphatic carbocycles. The number of nitrogens with zero attached hydrogens (tertiary/aromatic N) is 2. The molecular weight excluding hydrogens is 358 g/mol. The highest BCUT2D eigenvalue weighted by molar-refractivity contribution is 5.94. The van der Waals surface area contributed by atoms with Gasteiger partial charge in [0, 0.05) is 16.8 Å². The molecule has 4 nitrogen and oxygen atoms in total. The lowest BCUT2D eigenvalue weighted by Crippen LogP contribution is -2.60. The lowest BCUT2D eigenvalue weighted by molar-refractivity contribution is -0.0168. The molecule has 1 amide bonds. The van der Waals surface area contributed by atoms with Crippen LogP contribution in [0.2, 0.25) is 0 Å². The van der Waals surface area contributed by atoms with Crippen LogP contribution in [-0.2, 0) is 19.4 Å². The highest BCUT2D eigenvalue weighted by atomic mass is 16.2. The molecule has 1 heterocycles. The Morgan fingerprint density at radius 1 is 1.00 bits per heavy atom. The van der Waals surface area contributed by atoms with Crippen molar-refractivity contribution >= 4 is 5.91 Å². The summed E-state index contributed by atoms with van der Waals surface area (Å²) in [6, 6.07) is 10.5. The average molecular weight is 390 g/mol. The molecule has 1 N–H and O–H groups in total. The molecule has 5 aliphatic rings. The number of carbonyl (C=O) groups is 1. The van der Waals surface area contributed by atoms with Gasteiger partial charge in [-0.05, 0) is 87.5 Å². The zero-order valence-corrected chi connectivity index (χ0v) is 17.2. The fraction of sp³-hybridized carbons (Fsp3) is 0.600. The summed E-state index contributed by atoms with van der Waals surface area (Å²) in [5.74, 6) is 2.61. The van der Waals surface area contributed by atoms with Crippen molar-refractivity contribution in [2.24, 2.45) is 17.8 Å². The standard InChI is InChI=1S/C25H31N3O/c29-24(26-25-13-18-10-19(14-25)12-20(11-18)15-25)23-21-8-4-5-9-22(21)28(27-23)16-17-6-2-1-3-7-17/h1-3,6-7,18-20H,4-5,8-16H2,(H,26,29). The van der Waals surface area contributed by atoms with Gasteiger partial charge < -0.3 is 5.32 Å². The zero-order chi connectivity index (χ0) is 19.4. The summed E-state index contributed by atoms with van der Waals surface area (Å²) in [6.45, 7) is 0.758. The molecule has 4 bridgehead atoms. The molecule has 0 spiro atoms. The third-order valence-electron chi connectivity index (χ3n) is 8.06. The van der Waals surface area contributed by atoms with E-state index in [1.54, 1.807) is 0 Å². The first-order valence-electron chi connectivity index (χ1n) is 11.6. The minimum atomic E-state index is 0.0522. The molecule has 0 atom stereocenters. The Morgan fingerprint density at radius 3 is 2.34 bits per heavy atom. The van der Waals surface area contributed by atoms with Gasteiger partial charge in [-0.2, -0.15) is 5.10 Å². The van der Waals surface area contributed by atoms with E-state index in [-0.39, 0.29) is 11.4 Å². The van der Waals surface area contributed by atoms with Crippen LogP contribution in [-0.4, -0.2) is 21.2 Å². The lowest BCUT2D eigenvalue weighted by atomic mass is 9.53. The number of rotatable bonds is 4. The summed E-state index contributed by atoms with van der Waals surface area (Å²) >= 11 is 0. The predicted octanol–water partition coefficient (Wildman–Crippen LogP) is 4.51. The topological polar surface area (TPSA) is 46.9 Å². The minimum absolute atomic E-state index is 0.0522. The van der Waals surface area contributed by atoms with Gasteiger partial charge in [-0.25, -0.2) is 0 Å². The smallest absolute Gasteiger partial charge is 0.272 e. The van der Waals surface area contributed by atoms with Gasteiger partial charge >= 0.3 is 0 Å². The maximum Gasteiger partial charge on any atom is 0.272 e. The van der Waals surface area contributed by atoms with E-state index in [1.807, 2.05) is 6.07 Å². The summed E-state index contributed by atoms with van der Waals surface area (Å²) in [5.41, 5.74) is 4.52. The number of nitrogens with one attached hydrogen (secondary N) is 1. The molecule has 4 saturated carbocycles. The fourth-order valence-electron chi connectivity index (χ4n) is 7.30. The molecule has 0 unspecified atom stereocenters. The van der Waals surface area contributed by atoms with Gasteiger partial charge in [0.25, 0.3) is 5.91 Å². The predicted molar refractivity (Wildman–Crippen MR) is 113 cm³/mol. The van der Waals surface area contributed by atoms with Gasteiger partial charge in [-0.3, -0.25) is 9.48 Å². The lowest BCUT2D eigenvalue weighted by Gasteiger charge is -2.56. The number of fused-ring (bicyclic) bond motifs is 1. The molecule has 7 rings (SSSR count). The van der Waals surface area contributed by atoms with E-state index in [0.29, 0.717) is 5.69 Å². The van der Waals surface area contributed by atoms with E-state index in [0.717, 1.165) is 37.1 Å². The summed E-state index contributed by atoms with van der Waals surface area (Å²) in [6.07, 6.45) is 12.2. The highest BCUT2D eigenvalue weighted by Gasteiger charge is 2.51. The van der Waals surface area contributed by atoms with Crippen LogP contribution in [0, 0.1) is 17.8 Å². The van der Waals surface area contributed by atoms with Crippen LogP contribution in [0.15, 0.2) is 30.3 Å². The van der Waals surface area contributed by atoms with Crippen molar-refractivity contribution in [2.75, 3.05) is 0 Å². The summed E-state index contributed by atoms with van der Waals surface area (Å²) in [7, 11) is 0. The maximum absolute atomic E-state index is 13.5. The number of aromatic nitrogens is 2. The highest BCUT2D eigenvalue weighted by Crippen LogP contribution is 2.55. The molecule has 4 heteroatoms. The molecule has 1 aromatic heterocycles. The van der Waals surface area contributed by atoms with Gasteiger partial charge in [0.15, 0.2) is 5.69 Å². The maximum atomic E-state index is 13.5. The fourth-order valence-corrected chi connectivity index (χ4v) is 7.30. The van der Waals surface area contributed by atoms with Gasteiger partial charge in [0.05, 0.1) is 6.54 Å². The second-order valence-electron chi connectivity index (χ2n) is 10.3. The van der Waals surface area contributed by atoms with Crippen LogP contribution in [0.25, 0.3) is 0 Å². The normalized spacial score (nSPS) is 32.2. The third kappa shape index (κ3) is 3.12. The van der Waals surface area contributed by atoms with Gasteiger partial charge in [-0.1, -0.05) is 30.3 Å². The Kier molecular flexibility index (Phi) is 4.11. The van der Waals surface area contributed by atoms with E-state index < -0.39 is 0 Å². The molecular formula is C25H31N3O. The SMILES string of the molecule is O=C(NC12CC3CC(CC(C3)C1)C2)c1nn(Cc2ccccc2)c2c1CCCC2. The first-order chi connectivity index (χ1) is 14.2. The van der Waals surface area contributed by atoms with Crippen molar-refractivity contribution in [1.82, 2.24) is 15.1 Å². The van der Waals surface area contributed by atoms with Crippen LogP contribution >= 0.6 is 0 Å². The van der Waals surface area contributed by atoms with Crippen molar-refractivity contribution in [2.45, 2.75) is 76.3 Å². The first-order valence-corrected chi connectivity index (χ1v) is 11.6. The average Bonchev–Trinajstić information content (AvgIpc) is 3.06. The molecule has 0 aliphatic heterocycles. The molecule has 2 aromatic rings. The van der Waals surface area contributed by atoms with E-state index in [4.69, 9.17) is 5.10 Å². The van der Waals surface area contributed by atoms with Crippen LogP contribution in [0.4, 0.5) is 0 Å². The van der Waals surface area contributed by atoms with Crippen LogP contribution < -0.4 is 5.32 Å². The summed E-state index contributed by atoms with van der Waals surface area (Å²) in [5, 5.41) is 8.44. The van der Waals surface area contributed by atoms with Gasteiger partial charge in [-0.15, -0.1) is 0 Å². The molecule has 29 heavy (non-hydrogen) atoms. The van der Waals surface area contributed by atoms with Crippen molar-refractivity contribution in [3.8, 4) is 0 Å². The third-order valence-corrected chi connectivity index (χ3v) is 8.06. The molecule has 1 aromatic carbocycles. The number of carbonyl (C=O) groups excluding carboxylic acids is 1. The largest absolute Gasteiger partial charge is 0.345 e. The van der Waals surface area contributed by atoms with Gasteiger partial charge in [0.1, 0.15) is 0 Å². The van der Waals surface area contributed by atoms with Crippen LogP contribution in [0.5, 0.6) is 0 Å². The summed E-state index contributed by atoms with van der Waals surface area (Å²) < 4.78 is 2.11. The van der Waals surface area contributed by atoms with Gasteiger partial charge in [0.2, 0.25) is 0 Å². The molecule has 4 fully saturated rings. The Labute approximate surface area is 173 Å². The van der Waals surface area contributed by atoms with Crippen LogP contribution in [0.3, 0.4) is 0 Å². The van der Waals surface area contributed by atoms with E-state index >= 15 is 0 Å². The number of benzene rings is 1. The Bertz CT molecular complexity index is 894. The summed E-state index contributed by atoms with van der Waals surface area (Å²) in [4.78, 5) is 13.5. The van der Waals surface area contributed by atoms with E-state index in [2.05, 4.69) is 34.3 Å². The van der Waals surface area contributed by atoms with E-state index in [9.17, 15) is 4.79 Å². The quantitative estimate of drug-likeness (QED) is 0.836. The zero-order valence-electron chi connectivity index (χ0n) is 17.2. The van der Waals surface area contributed by atoms with E-state index in [1.165, 1.54) is 68.2 Å². The second kappa shape index (κ2) is 6.72. The molecule has 0 radical (unpaired) electrons. The molecule has 152 valence electrons. The van der Waals surface area contributed by atoms with Crippen molar-refractivity contribution in [3.63, 3.8) is 0 Å². The Balaban J connectivity index is 1.29. The van der Waals surface area contributed by atoms with Crippen molar-refractivity contribution in [3.05, 3.63) is 52.8 Å². The number of hydrogen-bond donors (Lipinski definition) is 1. The monoisotopic (exact) mass is 389 g/mol. The number of amides is 1. The first kappa shape index (κ1) is 17.7. The van der Waals surface area contributed by atoms with Crippen molar-refractivity contribution in [1.29, 1.82) is 0 Å². The molecule has 0 saturated heterocycles. The Hall–Kier alpha value is -2.10. The van der Waals surface area contributed by atoms with Crippen LogP contribution in [0.1, 0.15) is 78.7 Å². The van der Waals surface area contributed by atoms with Crippen molar-refractivity contribution < 1.29 is 4.79 Å².